The molecule has 132 valence electrons. The van der Waals surface area contributed by atoms with Gasteiger partial charge in [-0.3, -0.25) is 9.59 Å². The topological polar surface area (TPSA) is 80.3 Å². The molecule has 0 aliphatic rings. The van der Waals surface area contributed by atoms with Crippen LogP contribution in [0.4, 0.5) is 11.4 Å². The van der Waals surface area contributed by atoms with Gasteiger partial charge in [-0.05, 0) is 43.2 Å². The zero-order valence-corrected chi connectivity index (χ0v) is 14.7. The molecule has 2 aromatic rings. The average molecular weight is 341 g/mol. The number of anilines is 2. The van der Waals surface area contributed by atoms with Crippen LogP contribution in [-0.2, 0) is 4.79 Å². The molecule has 0 atom stereocenters. The molecule has 0 unspecified atom stereocenters. The molecule has 2 N–H and O–H groups in total. The van der Waals surface area contributed by atoms with Crippen LogP contribution >= 0.6 is 0 Å². The molecule has 0 fully saturated rings. The van der Waals surface area contributed by atoms with E-state index in [4.69, 9.17) is 4.74 Å². The SMILES string of the molecule is CCOc1ccc(C(=O)Nc2ccc(NC(=O)CC(C)C)cc2)cn1. The van der Waals surface area contributed by atoms with Crippen molar-refractivity contribution in [1.29, 1.82) is 0 Å². The maximum Gasteiger partial charge on any atom is 0.257 e. The van der Waals surface area contributed by atoms with Crippen LogP contribution in [-0.4, -0.2) is 23.4 Å². The minimum absolute atomic E-state index is 0.0211. The largest absolute Gasteiger partial charge is 0.478 e. The zero-order valence-electron chi connectivity index (χ0n) is 14.7. The molecule has 0 bridgehead atoms. The molecule has 1 aromatic carbocycles. The number of aromatic nitrogens is 1. The number of hydrogen-bond acceptors (Lipinski definition) is 4. The summed E-state index contributed by atoms with van der Waals surface area (Å²) in [4.78, 5) is 28.0. The summed E-state index contributed by atoms with van der Waals surface area (Å²) in [5.41, 5.74) is 1.78. The van der Waals surface area contributed by atoms with Gasteiger partial charge in [0.15, 0.2) is 0 Å². The number of amides is 2. The van der Waals surface area contributed by atoms with Gasteiger partial charge in [-0.1, -0.05) is 13.8 Å². The number of rotatable bonds is 7. The molecular weight excluding hydrogens is 318 g/mol. The molecule has 0 radical (unpaired) electrons. The molecule has 0 aliphatic heterocycles. The standard InChI is InChI=1S/C19H23N3O3/c1-4-25-18-10-5-14(12-20-18)19(24)22-16-8-6-15(7-9-16)21-17(23)11-13(2)3/h5-10,12-13H,4,11H2,1-3H3,(H,21,23)(H,22,24). The summed E-state index contributed by atoms with van der Waals surface area (Å²) in [5, 5.41) is 5.62. The Hall–Kier alpha value is -2.89. The van der Waals surface area contributed by atoms with E-state index in [1.54, 1.807) is 36.4 Å². The minimum Gasteiger partial charge on any atom is -0.478 e. The van der Waals surface area contributed by atoms with Crippen LogP contribution < -0.4 is 15.4 Å². The molecule has 0 aliphatic carbocycles. The van der Waals surface area contributed by atoms with Gasteiger partial charge < -0.3 is 15.4 Å². The van der Waals surface area contributed by atoms with Gasteiger partial charge in [-0.15, -0.1) is 0 Å². The molecule has 6 heteroatoms. The molecular formula is C19H23N3O3. The quantitative estimate of drug-likeness (QED) is 0.804. The molecule has 2 amide bonds. The third-order valence-electron chi connectivity index (χ3n) is 3.31. The lowest BCUT2D eigenvalue weighted by molar-refractivity contribution is -0.116. The Morgan fingerprint density at radius 1 is 1.04 bits per heavy atom. The molecule has 1 heterocycles. The van der Waals surface area contributed by atoms with Gasteiger partial charge in [0.1, 0.15) is 0 Å². The first-order valence-corrected chi connectivity index (χ1v) is 8.28. The molecule has 6 nitrogen and oxygen atoms in total. The van der Waals surface area contributed by atoms with Gasteiger partial charge >= 0.3 is 0 Å². The Labute approximate surface area is 147 Å². The first kappa shape index (κ1) is 18.4. The van der Waals surface area contributed by atoms with Crippen molar-refractivity contribution in [1.82, 2.24) is 4.98 Å². The van der Waals surface area contributed by atoms with Crippen molar-refractivity contribution in [3.8, 4) is 5.88 Å². The number of nitrogens with zero attached hydrogens (tertiary/aromatic N) is 1. The molecule has 1 aromatic heterocycles. The summed E-state index contributed by atoms with van der Waals surface area (Å²) in [5.74, 6) is 0.515. The fraction of sp³-hybridized carbons (Fsp3) is 0.316. The normalized spacial score (nSPS) is 10.4. The van der Waals surface area contributed by atoms with Crippen LogP contribution in [0.1, 0.15) is 37.6 Å². The van der Waals surface area contributed by atoms with Crippen LogP contribution in [0.3, 0.4) is 0 Å². The Morgan fingerprint density at radius 3 is 2.20 bits per heavy atom. The maximum absolute atomic E-state index is 12.2. The van der Waals surface area contributed by atoms with Crippen molar-refractivity contribution >= 4 is 23.2 Å². The van der Waals surface area contributed by atoms with Gasteiger partial charge in [0.05, 0.1) is 12.2 Å². The second kappa shape index (κ2) is 8.82. The smallest absolute Gasteiger partial charge is 0.257 e. The van der Waals surface area contributed by atoms with Crippen LogP contribution in [0.5, 0.6) is 5.88 Å². The van der Waals surface area contributed by atoms with E-state index < -0.39 is 0 Å². The number of carbonyl (C=O) groups excluding carboxylic acids is 2. The number of carbonyl (C=O) groups is 2. The van der Waals surface area contributed by atoms with Gasteiger partial charge in [-0.2, -0.15) is 0 Å². The third-order valence-corrected chi connectivity index (χ3v) is 3.31. The van der Waals surface area contributed by atoms with Crippen molar-refractivity contribution in [2.45, 2.75) is 27.2 Å². The number of pyridine rings is 1. The second-order valence-electron chi connectivity index (χ2n) is 6.00. The van der Waals surface area contributed by atoms with E-state index in [2.05, 4.69) is 15.6 Å². The lowest BCUT2D eigenvalue weighted by Crippen LogP contribution is -2.14. The lowest BCUT2D eigenvalue weighted by atomic mass is 10.1. The Kier molecular flexibility index (Phi) is 6.51. The summed E-state index contributed by atoms with van der Waals surface area (Å²) >= 11 is 0. The summed E-state index contributed by atoms with van der Waals surface area (Å²) in [7, 11) is 0. The predicted molar refractivity (Wildman–Crippen MR) is 97.9 cm³/mol. The van der Waals surface area contributed by atoms with E-state index in [1.165, 1.54) is 6.20 Å². The number of nitrogens with one attached hydrogen (secondary N) is 2. The highest BCUT2D eigenvalue weighted by atomic mass is 16.5. The summed E-state index contributed by atoms with van der Waals surface area (Å²) in [6.45, 7) is 6.39. The van der Waals surface area contributed by atoms with Crippen molar-refractivity contribution < 1.29 is 14.3 Å². The first-order valence-electron chi connectivity index (χ1n) is 8.28. The van der Waals surface area contributed by atoms with E-state index >= 15 is 0 Å². The highest BCUT2D eigenvalue weighted by molar-refractivity contribution is 6.04. The first-order chi connectivity index (χ1) is 12.0. The number of ether oxygens (including phenoxy) is 1. The zero-order chi connectivity index (χ0) is 18.2. The fourth-order valence-corrected chi connectivity index (χ4v) is 2.17. The minimum atomic E-state index is -0.257. The highest BCUT2D eigenvalue weighted by Gasteiger charge is 2.08. The third kappa shape index (κ3) is 5.91. The van der Waals surface area contributed by atoms with Gasteiger partial charge in [0, 0.05) is 30.1 Å². The summed E-state index contributed by atoms with van der Waals surface area (Å²) in [6.07, 6.45) is 1.95. The average Bonchev–Trinajstić information content (AvgIpc) is 2.57. The van der Waals surface area contributed by atoms with E-state index in [-0.39, 0.29) is 11.8 Å². The summed E-state index contributed by atoms with van der Waals surface area (Å²) < 4.78 is 5.25. The van der Waals surface area contributed by atoms with E-state index in [0.29, 0.717) is 41.8 Å². The predicted octanol–water partition coefficient (Wildman–Crippen LogP) is 3.72. The second-order valence-corrected chi connectivity index (χ2v) is 6.00. The molecule has 25 heavy (non-hydrogen) atoms. The molecule has 0 saturated heterocycles. The Bertz CT molecular complexity index is 710. The van der Waals surface area contributed by atoms with E-state index in [1.807, 2.05) is 20.8 Å². The van der Waals surface area contributed by atoms with Crippen molar-refractivity contribution in [3.63, 3.8) is 0 Å². The van der Waals surface area contributed by atoms with Gasteiger partial charge in [-0.25, -0.2) is 4.98 Å². The van der Waals surface area contributed by atoms with Crippen molar-refractivity contribution in [2.24, 2.45) is 5.92 Å². The van der Waals surface area contributed by atoms with Gasteiger partial charge in [0.2, 0.25) is 11.8 Å². The molecule has 2 rings (SSSR count). The monoisotopic (exact) mass is 341 g/mol. The molecule has 0 saturated carbocycles. The maximum atomic E-state index is 12.2. The number of benzene rings is 1. The van der Waals surface area contributed by atoms with Gasteiger partial charge in [0.25, 0.3) is 5.91 Å². The van der Waals surface area contributed by atoms with Crippen LogP contribution in [0.15, 0.2) is 42.6 Å². The molecule has 0 spiro atoms. The Balaban J connectivity index is 1.93. The Morgan fingerprint density at radius 2 is 1.68 bits per heavy atom. The van der Waals surface area contributed by atoms with Crippen LogP contribution in [0.2, 0.25) is 0 Å². The van der Waals surface area contributed by atoms with E-state index in [0.717, 1.165) is 0 Å². The number of hydrogen-bond donors (Lipinski definition) is 2. The van der Waals surface area contributed by atoms with Crippen LogP contribution in [0, 0.1) is 5.92 Å². The highest BCUT2D eigenvalue weighted by Crippen LogP contribution is 2.16. The van der Waals surface area contributed by atoms with E-state index in [9.17, 15) is 9.59 Å². The fourth-order valence-electron chi connectivity index (χ4n) is 2.17. The van der Waals surface area contributed by atoms with Crippen molar-refractivity contribution in [3.05, 3.63) is 48.2 Å². The lowest BCUT2D eigenvalue weighted by Gasteiger charge is -2.09. The summed E-state index contributed by atoms with van der Waals surface area (Å²) in [6, 6.07) is 10.3. The van der Waals surface area contributed by atoms with Crippen molar-refractivity contribution in [2.75, 3.05) is 17.2 Å². The van der Waals surface area contributed by atoms with Crippen LogP contribution in [0.25, 0.3) is 0 Å².